The minimum absolute atomic E-state index is 0.0148. The Morgan fingerprint density at radius 3 is 2.64 bits per heavy atom. The fourth-order valence-electron chi connectivity index (χ4n) is 3.06. The number of carbonyl (C=O) groups is 2. The maximum absolute atomic E-state index is 12.5. The van der Waals surface area contributed by atoms with E-state index in [0.29, 0.717) is 12.1 Å². The molecule has 0 atom stereocenters. The smallest absolute Gasteiger partial charge is 0.269 e. The summed E-state index contributed by atoms with van der Waals surface area (Å²) in [7, 11) is 0. The third-order valence-corrected chi connectivity index (χ3v) is 4.48. The maximum Gasteiger partial charge on any atom is 0.269 e. The van der Waals surface area contributed by atoms with E-state index in [-0.39, 0.29) is 30.3 Å². The Balaban J connectivity index is 1.48. The molecule has 0 unspecified atom stereocenters. The summed E-state index contributed by atoms with van der Waals surface area (Å²) in [5, 5.41) is 14.4. The summed E-state index contributed by atoms with van der Waals surface area (Å²) in [4.78, 5) is 36.3. The summed E-state index contributed by atoms with van der Waals surface area (Å²) < 4.78 is 0. The van der Waals surface area contributed by atoms with Crippen LogP contribution in [0.1, 0.15) is 30.4 Å². The average molecular weight is 380 g/mol. The molecule has 1 heterocycles. The Hall–Kier alpha value is -3.55. The number of non-ortho nitro benzene ring substituents is 1. The Bertz CT molecular complexity index is 909. The highest BCUT2D eigenvalue weighted by atomic mass is 16.6. The molecule has 2 amide bonds. The number of benzene rings is 2. The van der Waals surface area contributed by atoms with Crippen molar-refractivity contribution in [2.75, 3.05) is 11.4 Å². The Kier molecular flexibility index (Phi) is 6.11. The largest absolute Gasteiger partial charge is 0.312 e. The van der Waals surface area contributed by atoms with Crippen LogP contribution >= 0.6 is 0 Å². The van der Waals surface area contributed by atoms with E-state index in [4.69, 9.17) is 0 Å². The van der Waals surface area contributed by atoms with Crippen LogP contribution in [0, 0.1) is 10.1 Å². The van der Waals surface area contributed by atoms with Gasteiger partial charge in [-0.3, -0.25) is 19.7 Å². The van der Waals surface area contributed by atoms with Crippen LogP contribution in [0.2, 0.25) is 0 Å². The summed E-state index contributed by atoms with van der Waals surface area (Å²) in [5.74, 6) is -0.446. The normalized spacial score (nSPS) is 13.2. The summed E-state index contributed by atoms with van der Waals surface area (Å²) in [6.45, 7) is 0.662. The van der Waals surface area contributed by atoms with E-state index in [1.54, 1.807) is 4.90 Å². The van der Waals surface area contributed by atoms with E-state index < -0.39 is 4.92 Å². The van der Waals surface area contributed by atoms with Gasteiger partial charge in [-0.2, -0.15) is 5.10 Å². The van der Waals surface area contributed by atoms with Gasteiger partial charge in [0, 0.05) is 37.2 Å². The van der Waals surface area contributed by atoms with Crippen molar-refractivity contribution >= 4 is 29.4 Å². The van der Waals surface area contributed by atoms with Gasteiger partial charge >= 0.3 is 0 Å². The number of rotatable bonds is 6. The van der Waals surface area contributed by atoms with E-state index in [1.807, 2.05) is 24.3 Å². The highest BCUT2D eigenvalue weighted by molar-refractivity contribution is 5.96. The van der Waals surface area contributed by atoms with Crippen LogP contribution in [-0.4, -0.2) is 29.5 Å². The number of hydrogen-bond donors (Lipinski definition) is 1. The van der Waals surface area contributed by atoms with E-state index in [2.05, 4.69) is 10.5 Å². The van der Waals surface area contributed by atoms with Crippen molar-refractivity contribution in [1.29, 1.82) is 0 Å². The molecule has 8 nitrogen and oxygen atoms in total. The maximum atomic E-state index is 12.5. The second-order valence-corrected chi connectivity index (χ2v) is 6.42. The average Bonchev–Trinajstić information content (AvgIpc) is 2.72. The lowest BCUT2D eigenvalue weighted by Crippen LogP contribution is -2.36. The molecule has 1 aliphatic heterocycles. The van der Waals surface area contributed by atoms with Gasteiger partial charge in [-0.1, -0.05) is 18.2 Å². The number of anilines is 1. The highest BCUT2D eigenvalue weighted by Crippen LogP contribution is 2.27. The van der Waals surface area contributed by atoms with Gasteiger partial charge in [0.05, 0.1) is 11.1 Å². The van der Waals surface area contributed by atoms with Gasteiger partial charge in [-0.05, 0) is 42.2 Å². The Morgan fingerprint density at radius 2 is 1.89 bits per heavy atom. The quantitative estimate of drug-likeness (QED) is 0.472. The number of nitrogens with one attached hydrogen (secondary N) is 1. The number of nitro benzene ring substituents is 1. The zero-order chi connectivity index (χ0) is 19.9. The second-order valence-electron chi connectivity index (χ2n) is 6.42. The third kappa shape index (κ3) is 4.79. The van der Waals surface area contributed by atoms with Crippen molar-refractivity contribution in [3.8, 4) is 0 Å². The van der Waals surface area contributed by atoms with Crippen molar-refractivity contribution in [3.63, 3.8) is 0 Å². The number of nitrogens with zero attached hydrogens (tertiary/aromatic N) is 3. The number of carbonyl (C=O) groups excluding carboxylic acids is 2. The molecule has 0 spiro atoms. The molecule has 0 radical (unpaired) electrons. The number of hydrogen-bond acceptors (Lipinski definition) is 5. The first-order valence-electron chi connectivity index (χ1n) is 8.99. The fourth-order valence-corrected chi connectivity index (χ4v) is 3.06. The summed E-state index contributed by atoms with van der Waals surface area (Å²) in [5.41, 5.74) is 5.05. The van der Waals surface area contributed by atoms with Crippen LogP contribution in [0.25, 0.3) is 0 Å². The molecule has 0 saturated heterocycles. The van der Waals surface area contributed by atoms with Crippen molar-refractivity contribution < 1.29 is 14.5 Å². The number of para-hydroxylation sites is 1. The number of aryl methyl sites for hydroxylation is 1. The summed E-state index contributed by atoms with van der Waals surface area (Å²) in [6.07, 6.45) is 3.40. The third-order valence-electron chi connectivity index (χ3n) is 4.48. The Morgan fingerprint density at radius 1 is 1.14 bits per heavy atom. The number of hydrazone groups is 1. The van der Waals surface area contributed by atoms with E-state index >= 15 is 0 Å². The molecular weight excluding hydrogens is 360 g/mol. The molecule has 0 aromatic heterocycles. The monoisotopic (exact) mass is 380 g/mol. The SMILES string of the molecule is O=C(CCC(=O)N1CCCc2ccccc21)NN=Cc1ccc([N+](=O)[O-])cc1. The van der Waals surface area contributed by atoms with Gasteiger partial charge < -0.3 is 4.90 Å². The van der Waals surface area contributed by atoms with Crippen molar-refractivity contribution in [2.45, 2.75) is 25.7 Å². The van der Waals surface area contributed by atoms with Gasteiger partial charge in [0.2, 0.25) is 11.8 Å². The molecule has 8 heteroatoms. The lowest BCUT2D eigenvalue weighted by atomic mass is 10.0. The van der Waals surface area contributed by atoms with Gasteiger partial charge in [0.25, 0.3) is 5.69 Å². The van der Waals surface area contributed by atoms with Crippen molar-refractivity contribution in [3.05, 3.63) is 69.8 Å². The van der Waals surface area contributed by atoms with Crippen molar-refractivity contribution in [2.24, 2.45) is 5.10 Å². The summed E-state index contributed by atoms with van der Waals surface area (Å²) in [6, 6.07) is 13.6. The first-order valence-corrected chi connectivity index (χ1v) is 8.99. The minimum atomic E-state index is -0.486. The van der Waals surface area contributed by atoms with Crippen LogP contribution in [-0.2, 0) is 16.0 Å². The lowest BCUT2D eigenvalue weighted by molar-refractivity contribution is -0.384. The van der Waals surface area contributed by atoms with Crippen LogP contribution in [0.3, 0.4) is 0 Å². The zero-order valence-corrected chi connectivity index (χ0v) is 15.2. The minimum Gasteiger partial charge on any atom is -0.312 e. The number of amides is 2. The molecule has 28 heavy (non-hydrogen) atoms. The molecule has 0 fully saturated rings. The molecule has 2 aromatic rings. The fraction of sp³-hybridized carbons (Fsp3) is 0.250. The van der Waals surface area contributed by atoms with Gasteiger partial charge in [-0.25, -0.2) is 5.43 Å². The van der Waals surface area contributed by atoms with E-state index in [0.717, 1.165) is 24.1 Å². The molecular formula is C20H20N4O4. The molecule has 1 N–H and O–H groups in total. The molecule has 3 rings (SSSR count). The lowest BCUT2D eigenvalue weighted by Gasteiger charge is -2.29. The zero-order valence-electron chi connectivity index (χ0n) is 15.2. The standard InChI is InChI=1S/C20H20N4O4/c25-19(22-21-14-15-7-9-17(10-8-15)24(27)28)11-12-20(26)23-13-3-5-16-4-1-2-6-18(16)23/h1-2,4,6-10,14H,3,5,11-13H2,(H,22,25). The molecule has 144 valence electrons. The van der Waals surface area contributed by atoms with E-state index in [1.165, 1.54) is 30.5 Å². The molecule has 2 aromatic carbocycles. The van der Waals surface area contributed by atoms with Crippen LogP contribution < -0.4 is 10.3 Å². The molecule has 0 bridgehead atoms. The van der Waals surface area contributed by atoms with Gasteiger partial charge in [0.15, 0.2) is 0 Å². The highest BCUT2D eigenvalue weighted by Gasteiger charge is 2.22. The van der Waals surface area contributed by atoms with Crippen molar-refractivity contribution in [1.82, 2.24) is 5.43 Å². The number of fused-ring (bicyclic) bond motifs is 1. The van der Waals surface area contributed by atoms with Crippen LogP contribution in [0.15, 0.2) is 53.6 Å². The second kappa shape index (κ2) is 8.90. The van der Waals surface area contributed by atoms with Crippen LogP contribution in [0.5, 0.6) is 0 Å². The molecule has 0 aliphatic carbocycles. The Labute approximate surface area is 162 Å². The van der Waals surface area contributed by atoms with Crippen LogP contribution in [0.4, 0.5) is 11.4 Å². The van der Waals surface area contributed by atoms with Gasteiger partial charge in [-0.15, -0.1) is 0 Å². The predicted molar refractivity (Wildman–Crippen MR) is 105 cm³/mol. The van der Waals surface area contributed by atoms with E-state index in [9.17, 15) is 19.7 Å². The topological polar surface area (TPSA) is 105 Å². The predicted octanol–water partition coefficient (Wildman–Crippen LogP) is 2.80. The molecule has 0 saturated carbocycles. The molecule has 1 aliphatic rings. The summed E-state index contributed by atoms with van der Waals surface area (Å²) >= 11 is 0. The number of nitro groups is 1. The first kappa shape index (κ1) is 19.2. The van der Waals surface area contributed by atoms with Gasteiger partial charge in [0.1, 0.15) is 0 Å². The first-order chi connectivity index (χ1) is 13.5.